The summed E-state index contributed by atoms with van der Waals surface area (Å²) < 4.78 is 0. The highest BCUT2D eigenvalue weighted by Crippen LogP contribution is 2.23. The minimum Gasteiger partial charge on any atom is -0.356 e. The van der Waals surface area contributed by atoms with Gasteiger partial charge < -0.3 is 15.1 Å². The van der Waals surface area contributed by atoms with Gasteiger partial charge in [-0.2, -0.15) is 0 Å². The second-order valence-corrected chi connectivity index (χ2v) is 7.25. The molecule has 0 radical (unpaired) electrons. The van der Waals surface area contributed by atoms with Crippen LogP contribution in [0.15, 0.2) is 0 Å². The molecular weight excluding hydrogens is 308 g/mol. The Kier molecular flexibility index (Phi) is 5.38. The molecule has 2 heterocycles. The van der Waals surface area contributed by atoms with Crippen LogP contribution in [0.2, 0.25) is 0 Å². The van der Waals surface area contributed by atoms with Crippen LogP contribution in [-0.4, -0.2) is 84.8 Å². The van der Waals surface area contributed by atoms with Gasteiger partial charge in [-0.05, 0) is 26.3 Å². The van der Waals surface area contributed by atoms with Gasteiger partial charge in [0, 0.05) is 51.1 Å². The Morgan fingerprint density at radius 1 is 1.12 bits per heavy atom. The zero-order valence-corrected chi connectivity index (χ0v) is 14.5. The number of nitrogens with one attached hydrogen (secondary N) is 1. The molecule has 0 aromatic rings. The average molecular weight is 336 g/mol. The van der Waals surface area contributed by atoms with Crippen LogP contribution in [0.25, 0.3) is 0 Å². The van der Waals surface area contributed by atoms with Crippen LogP contribution in [0.5, 0.6) is 0 Å². The fourth-order valence-corrected chi connectivity index (χ4v) is 3.70. The van der Waals surface area contributed by atoms with E-state index in [0.717, 1.165) is 6.42 Å². The first-order valence-electron chi connectivity index (χ1n) is 9.08. The third-order valence-corrected chi connectivity index (χ3v) is 5.62. The van der Waals surface area contributed by atoms with Gasteiger partial charge in [-0.1, -0.05) is 6.42 Å². The van der Waals surface area contributed by atoms with E-state index in [-0.39, 0.29) is 23.6 Å². The zero-order chi connectivity index (χ0) is 17.1. The molecule has 134 valence electrons. The first-order chi connectivity index (χ1) is 11.5. The first kappa shape index (κ1) is 17.2. The maximum Gasteiger partial charge on any atom is 0.236 e. The molecule has 0 bridgehead atoms. The maximum atomic E-state index is 12.5. The zero-order valence-electron chi connectivity index (χ0n) is 14.5. The van der Waals surface area contributed by atoms with Gasteiger partial charge in [-0.15, -0.1) is 0 Å². The molecule has 1 atom stereocenters. The van der Waals surface area contributed by atoms with Gasteiger partial charge in [-0.3, -0.25) is 19.3 Å². The van der Waals surface area contributed by atoms with Crippen molar-refractivity contribution in [3.63, 3.8) is 0 Å². The van der Waals surface area contributed by atoms with Gasteiger partial charge in [0.2, 0.25) is 17.7 Å². The Hall–Kier alpha value is -1.63. The lowest BCUT2D eigenvalue weighted by Gasteiger charge is -2.39. The van der Waals surface area contributed by atoms with E-state index in [1.54, 1.807) is 0 Å². The third kappa shape index (κ3) is 3.88. The molecule has 3 aliphatic rings. The molecule has 0 aromatic heterocycles. The molecule has 3 rings (SSSR count). The van der Waals surface area contributed by atoms with Crippen molar-refractivity contribution in [3.05, 3.63) is 0 Å². The third-order valence-electron chi connectivity index (χ3n) is 5.62. The summed E-state index contributed by atoms with van der Waals surface area (Å²) in [7, 11) is 2.02. The monoisotopic (exact) mass is 336 g/mol. The number of rotatable bonds is 4. The van der Waals surface area contributed by atoms with Gasteiger partial charge >= 0.3 is 0 Å². The predicted octanol–water partition coefficient (Wildman–Crippen LogP) is -0.332. The SMILES string of the molecule is CN(CC(=O)N1CCN(C(=O)C2CCNC(=O)C2)CC1)C1CCC1. The van der Waals surface area contributed by atoms with E-state index in [1.165, 1.54) is 19.3 Å². The van der Waals surface area contributed by atoms with E-state index in [9.17, 15) is 14.4 Å². The molecule has 0 spiro atoms. The Labute approximate surface area is 143 Å². The highest BCUT2D eigenvalue weighted by Gasteiger charge is 2.32. The van der Waals surface area contributed by atoms with E-state index in [0.29, 0.717) is 51.7 Å². The van der Waals surface area contributed by atoms with Gasteiger partial charge in [0.1, 0.15) is 0 Å². The molecule has 1 aliphatic carbocycles. The van der Waals surface area contributed by atoms with E-state index in [2.05, 4.69) is 10.2 Å². The quantitative estimate of drug-likeness (QED) is 0.763. The van der Waals surface area contributed by atoms with Gasteiger partial charge in [-0.25, -0.2) is 0 Å². The molecular formula is C17H28N4O3. The Morgan fingerprint density at radius 3 is 2.38 bits per heavy atom. The van der Waals surface area contributed by atoms with E-state index in [4.69, 9.17) is 0 Å². The van der Waals surface area contributed by atoms with Gasteiger partial charge in [0.15, 0.2) is 0 Å². The topological polar surface area (TPSA) is 73.0 Å². The lowest BCUT2D eigenvalue weighted by molar-refractivity contribution is -0.145. The summed E-state index contributed by atoms with van der Waals surface area (Å²) in [5.41, 5.74) is 0. The van der Waals surface area contributed by atoms with Gasteiger partial charge in [0.25, 0.3) is 0 Å². The smallest absolute Gasteiger partial charge is 0.236 e. The van der Waals surface area contributed by atoms with Crippen molar-refractivity contribution in [2.45, 2.75) is 38.1 Å². The largest absolute Gasteiger partial charge is 0.356 e. The molecule has 1 N–H and O–H groups in total. The fraction of sp³-hybridized carbons (Fsp3) is 0.824. The number of hydrogen-bond donors (Lipinski definition) is 1. The summed E-state index contributed by atoms with van der Waals surface area (Å²) in [6, 6.07) is 0.564. The molecule has 3 amide bonds. The minimum absolute atomic E-state index is 0.0348. The van der Waals surface area contributed by atoms with Crippen molar-refractivity contribution < 1.29 is 14.4 Å². The van der Waals surface area contributed by atoms with E-state index < -0.39 is 0 Å². The minimum atomic E-state index is -0.189. The van der Waals surface area contributed by atoms with Crippen LogP contribution in [0.4, 0.5) is 0 Å². The number of carbonyl (C=O) groups excluding carboxylic acids is 3. The van der Waals surface area contributed by atoms with Crippen LogP contribution in [-0.2, 0) is 14.4 Å². The lowest BCUT2D eigenvalue weighted by atomic mass is 9.92. The summed E-state index contributed by atoms with van der Waals surface area (Å²) in [6.45, 7) is 3.41. The summed E-state index contributed by atoms with van der Waals surface area (Å²) in [5, 5.41) is 2.76. The fourth-order valence-electron chi connectivity index (χ4n) is 3.70. The predicted molar refractivity (Wildman–Crippen MR) is 89.2 cm³/mol. The Morgan fingerprint density at radius 2 is 1.79 bits per heavy atom. The highest BCUT2D eigenvalue weighted by molar-refractivity contribution is 5.87. The second kappa shape index (κ2) is 7.51. The van der Waals surface area contributed by atoms with Gasteiger partial charge in [0.05, 0.1) is 6.54 Å². The number of carbonyl (C=O) groups is 3. The molecule has 0 aromatic carbocycles. The molecule has 2 aliphatic heterocycles. The highest BCUT2D eigenvalue weighted by atomic mass is 16.2. The van der Waals surface area contributed by atoms with Crippen molar-refractivity contribution in [2.75, 3.05) is 46.3 Å². The van der Waals surface area contributed by atoms with Crippen LogP contribution in [0.1, 0.15) is 32.1 Å². The summed E-state index contributed by atoms with van der Waals surface area (Å²) >= 11 is 0. The van der Waals surface area contributed by atoms with Crippen LogP contribution >= 0.6 is 0 Å². The molecule has 1 unspecified atom stereocenters. The number of nitrogens with zero attached hydrogens (tertiary/aromatic N) is 3. The van der Waals surface area contributed by atoms with Crippen molar-refractivity contribution in [3.8, 4) is 0 Å². The average Bonchev–Trinajstić information content (AvgIpc) is 2.52. The van der Waals surface area contributed by atoms with Crippen molar-refractivity contribution in [1.82, 2.24) is 20.0 Å². The Bertz CT molecular complexity index is 498. The van der Waals surface area contributed by atoms with Crippen molar-refractivity contribution in [2.24, 2.45) is 5.92 Å². The standard InChI is InChI=1S/C17H28N4O3/c1-19(14-3-2-4-14)12-16(23)20-7-9-21(10-8-20)17(24)13-5-6-18-15(22)11-13/h13-14H,2-12H2,1H3,(H,18,22). The summed E-state index contributed by atoms with van der Waals surface area (Å²) in [5.74, 6) is 0.00951. The molecule has 3 fully saturated rings. The molecule has 24 heavy (non-hydrogen) atoms. The van der Waals surface area contributed by atoms with Crippen LogP contribution in [0.3, 0.4) is 0 Å². The first-order valence-corrected chi connectivity index (χ1v) is 9.08. The van der Waals surface area contributed by atoms with E-state index in [1.807, 2.05) is 16.8 Å². The van der Waals surface area contributed by atoms with Crippen molar-refractivity contribution in [1.29, 1.82) is 0 Å². The Balaban J connectivity index is 1.43. The number of piperidine rings is 1. The normalized spacial score (nSPS) is 25.4. The summed E-state index contributed by atoms with van der Waals surface area (Å²) in [6.07, 6.45) is 4.67. The van der Waals surface area contributed by atoms with Crippen LogP contribution < -0.4 is 5.32 Å². The molecule has 7 nitrogen and oxygen atoms in total. The number of piperazine rings is 1. The van der Waals surface area contributed by atoms with Crippen molar-refractivity contribution >= 4 is 17.7 Å². The molecule has 7 heteroatoms. The lowest BCUT2D eigenvalue weighted by Crippen LogP contribution is -2.55. The van der Waals surface area contributed by atoms with E-state index >= 15 is 0 Å². The number of hydrogen-bond acceptors (Lipinski definition) is 4. The number of likely N-dealkylation sites (N-methyl/N-ethyl adjacent to an activating group) is 1. The number of amides is 3. The maximum absolute atomic E-state index is 12.5. The van der Waals surface area contributed by atoms with Crippen LogP contribution in [0, 0.1) is 5.92 Å². The molecule has 2 saturated heterocycles. The summed E-state index contributed by atoms with van der Waals surface area (Å²) in [4.78, 5) is 42.2. The molecule has 1 saturated carbocycles. The second-order valence-electron chi connectivity index (χ2n) is 7.25.